The molecule has 78 valence electrons. The summed E-state index contributed by atoms with van der Waals surface area (Å²) in [4.78, 5) is 2.22. The summed E-state index contributed by atoms with van der Waals surface area (Å²) >= 11 is 0. The lowest BCUT2D eigenvalue weighted by Crippen LogP contribution is -2.25. The van der Waals surface area contributed by atoms with E-state index in [0.29, 0.717) is 6.04 Å². The predicted molar refractivity (Wildman–Crippen MR) is 61.2 cm³/mol. The lowest BCUT2D eigenvalue weighted by Gasteiger charge is -2.24. The smallest absolute Gasteiger partial charge is 0.121 e. The standard InChI is InChI=1S/C12H19NO/c1-5-14-12-8-6-7-11(9-12)13(4)10(2)3/h6-10H,5H2,1-4H3. The molecule has 0 bridgehead atoms. The second kappa shape index (κ2) is 4.89. The van der Waals surface area contributed by atoms with Crippen LogP contribution in [0.2, 0.25) is 0 Å². The van der Waals surface area contributed by atoms with Crippen LogP contribution in [-0.2, 0) is 0 Å². The lowest BCUT2D eigenvalue weighted by atomic mass is 10.2. The van der Waals surface area contributed by atoms with Crippen molar-refractivity contribution < 1.29 is 4.74 Å². The summed E-state index contributed by atoms with van der Waals surface area (Å²) in [5, 5.41) is 0. The molecule has 1 aromatic rings. The van der Waals surface area contributed by atoms with E-state index in [9.17, 15) is 0 Å². The molecule has 0 atom stereocenters. The zero-order chi connectivity index (χ0) is 10.6. The average molecular weight is 193 g/mol. The summed E-state index contributed by atoms with van der Waals surface area (Å²) in [5.74, 6) is 0.942. The van der Waals surface area contributed by atoms with Crippen LogP contribution in [0.3, 0.4) is 0 Å². The lowest BCUT2D eigenvalue weighted by molar-refractivity contribution is 0.340. The maximum atomic E-state index is 5.45. The second-order valence-electron chi connectivity index (χ2n) is 3.64. The van der Waals surface area contributed by atoms with Crippen LogP contribution in [0.15, 0.2) is 24.3 Å². The summed E-state index contributed by atoms with van der Waals surface area (Å²) in [7, 11) is 2.09. The minimum Gasteiger partial charge on any atom is -0.494 e. The van der Waals surface area contributed by atoms with Crippen LogP contribution in [0.1, 0.15) is 20.8 Å². The predicted octanol–water partition coefficient (Wildman–Crippen LogP) is 2.93. The first kappa shape index (κ1) is 10.9. The SMILES string of the molecule is CCOc1cccc(N(C)C(C)C)c1. The van der Waals surface area contributed by atoms with E-state index in [0.717, 1.165) is 12.4 Å². The van der Waals surface area contributed by atoms with Gasteiger partial charge in [-0.1, -0.05) is 6.07 Å². The molecule has 0 spiro atoms. The minimum absolute atomic E-state index is 0.506. The van der Waals surface area contributed by atoms with Gasteiger partial charge in [0.05, 0.1) is 6.61 Å². The number of ether oxygens (including phenoxy) is 1. The van der Waals surface area contributed by atoms with Crippen molar-refractivity contribution in [1.29, 1.82) is 0 Å². The molecule has 0 aliphatic rings. The van der Waals surface area contributed by atoms with Gasteiger partial charge in [0.1, 0.15) is 5.75 Å². The number of hydrogen-bond acceptors (Lipinski definition) is 2. The fraction of sp³-hybridized carbons (Fsp3) is 0.500. The molecule has 0 heterocycles. The van der Waals surface area contributed by atoms with E-state index in [2.05, 4.69) is 37.9 Å². The number of rotatable bonds is 4. The third kappa shape index (κ3) is 2.66. The quantitative estimate of drug-likeness (QED) is 0.729. The van der Waals surface area contributed by atoms with Crippen LogP contribution in [0.4, 0.5) is 5.69 Å². The molecule has 1 rings (SSSR count). The highest BCUT2D eigenvalue weighted by molar-refractivity contribution is 5.50. The first-order chi connectivity index (χ1) is 6.65. The van der Waals surface area contributed by atoms with Crippen LogP contribution >= 0.6 is 0 Å². The van der Waals surface area contributed by atoms with Crippen LogP contribution in [0.25, 0.3) is 0 Å². The van der Waals surface area contributed by atoms with Crippen molar-refractivity contribution in [2.45, 2.75) is 26.8 Å². The largest absolute Gasteiger partial charge is 0.494 e. The third-order valence-corrected chi connectivity index (χ3v) is 2.31. The molecule has 0 aromatic heterocycles. The van der Waals surface area contributed by atoms with Crippen molar-refractivity contribution in [3.8, 4) is 5.75 Å². The van der Waals surface area contributed by atoms with Crippen LogP contribution in [-0.4, -0.2) is 19.7 Å². The summed E-state index contributed by atoms with van der Waals surface area (Å²) in [6.07, 6.45) is 0. The van der Waals surface area contributed by atoms with Crippen LogP contribution in [0.5, 0.6) is 5.75 Å². The molecule has 0 saturated heterocycles. The highest BCUT2D eigenvalue weighted by atomic mass is 16.5. The Morgan fingerprint density at radius 3 is 2.64 bits per heavy atom. The van der Waals surface area contributed by atoms with Gasteiger partial charge in [-0.3, -0.25) is 0 Å². The van der Waals surface area contributed by atoms with Crippen molar-refractivity contribution in [3.63, 3.8) is 0 Å². The Hall–Kier alpha value is -1.18. The van der Waals surface area contributed by atoms with Gasteiger partial charge in [-0.2, -0.15) is 0 Å². The van der Waals surface area contributed by atoms with Crippen LogP contribution < -0.4 is 9.64 Å². The first-order valence-electron chi connectivity index (χ1n) is 5.10. The Kier molecular flexibility index (Phi) is 3.81. The Balaban J connectivity index is 2.82. The molecule has 2 nitrogen and oxygen atoms in total. The van der Waals surface area contributed by atoms with E-state index in [1.54, 1.807) is 0 Å². The van der Waals surface area contributed by atoms with E-state index >= 15 is 0 Å². The molecule has 0 aliphatic heterocycles. The topological polar surface area (TPSA) is 12.5 Å². The Labute approximate surface area is 86.5 Å². The van der Waals surface area contributed by atoms with Crippen molar-refractivity contribution in [2.24, 2.45) is 0 Å². The van der Waals surface area contributed by atoms with Crippen molar-refractivity contribution >= 4 is 5.69 Å². The Morgan fingerprint density at radius 2 is 2.07 bits per heavy atom. The van der Waals surface area contributed by atoms with Gasteiger partial charge in [0, 0.05) is 24.8 Å². The van der Waals surface area contributed by atoms with Gasteiger partial charge in [0.15, 0.2) is 0 Å². The highest BCUT2D eigenvalue weighted by Gasteiger charge is 2.05. The molecular formula is C12H19NO. The van der Waals surface area contributed by atoms with E-state index < -0.39 is 0 Å². The molecule has 0 N–H and O–H groups in total. The Morgan fingerprint density at radius 1 is 1.36 bits per heavy atom. The van der Waals surface area contributed by atoms with Gasteiger partial charge in [-0.05, 0) is 32.9 Å². The molecule has 0 radical (unpaired) electrons. The molecule has 0 amide bonds. The first-order valence-corrected chi connectivity index (χ1v) is 5.10. The van der Waals surface area contributed by atoms with Crippen molar-refractivity contribution in [1.82, 2.24) is 0 Å². The monoisotopic (exact) mass is 193 g/mol. The summed E-state index contributed by atoms with van der Waals surface area (Å²) < 4.78 is 5.45. The minimum atomic E-state index is 0.506. The van der Waals surface area contributed by atoms with Gasteiger partial charge in [-0.25, -0.2) is 0 Å². The third-order valence-electron chi connectivity index (χ3n) is 2.31. The summed E-state index contributed by atoms with van der Waals surface area (Å²) in [5.41, 5.74) is 1.20. The Bertz CT molecular complexity index is 283. The van der Waals surface area contributed by atoms with Gasteiger partial charge in [-0.15, -0.1) is 0 Å². The van der Waals surface area contributed by atoms with E-state index in [4.69, 9.17) is 4.74 Å². The maximum absolute atomic E-state index is 5.45. The second-order valence-corrected chi connectivity index (χ2v) is 3.64. The fourth-order valence-electron chi connectivity index (χ4n) is 1.26. The number of anilines is 1. The summed E-state index contributed by atoms with van der Waals surface area (Å²) in [6.45, 7) is 7.06. The molecule has 1 aromatic carbocycles. The molecule has 14 heavy (non-hydrogen) atoms. The molecule has 0 unspecified atom stereocenters. The highest BCUT2D eigenvalue weighted by Crippen LogP contribution is 2.21. The fourth-order valence-corrected chi connectivity index (χ4v) is 1.26. The van der Waals surface area contributed by atoms with Gasteiger partial charge in [0.25, 0.3) is 0 Å². The molecular weight excluding hydrogens is 174 g/mol. The van der Waals surface area contributed by atoms with Gasteiger partial charge >= 0.3 is 0 Å². The number of hydrogen-bond donors (Lipinski definition) is 0. The summed E-state index contributed by atoms with van der Waals surface area (Å²) in [6, 6.07) is 8.69. The zero-order valence-corrected chi connectivity index (χ0v) is 9.45. The molecule has 0 saturated carbocycles. The van der Waals surface area contributed by atoms with Gasteiger partial charge < -0.3 is 9.64 Å². The van der Waals surface area contributed by atoms with Crippen molar-refractivity contribution in [3.05, 3.63) is 24.3 Å². The average Bonchev–Trinajstić information content (AvgIpc) is 2.17. The van der Waals surface area contributed by atoms with Crippen LogP contribution in [0, 0.1) is 0 Å². The zero-order valence-electron chi connectivity index (χ0n) is 9.45. The molecule has 0 aliphatic carbocycles. The normalized spacial score (nSPS) is 10.4. The van der Waals surface area contributed by atoms with E-state index in [1.807, 2.05) is 19.1 Å². The number of nitrogens with zero attached hydrogens (tertiary/aromatic N) is 1. The van der Waals surface area contributed by atoms with Crippen molar-refractivity contribution in [2.75, 3.05) is 18.6 Å². The molecule has 0 fully saturated rings. The van der Waals surface area contributed by atoms with E-state index in [-0.39, 0.29) is 0 Å². The number of benzene rings is 1. The molecule has 2 heteroatoms. The maximum Gasteiger partial charge on any atom is 0.121 e. The van der Waals surface area contributed by atoms with Gasteiger partial charge in [0.2, 0.25) is 0 Å². The van der Waals surface area contributed by atoms with E-state index in [1.165, 1.54) is 5.69 Å².